The molecule has 0 aliphatic carbocycles. The minimum atomic E-state index is -0.336. The van der Waals surface area contributed by atoms with E-state index in [1.54, 1.807) is 17.0 Å². The molecule has 30 heavy (non-hydrogen) atoms. The number of hydrogen-bond donors (Lipinski definition) is 0. The Morgan fingerprint density at radius 3 is 2.60 bits per heavy atom. The fourth-order valence-electron chi connectivity index (χ4n) is 4.01. The number of hydrogen-bond acceptors (Lipinski definition) is 6. The molecule has 0 atom stereocenters. The lowest BCUT2D eigenvalue weighted by Gasteiger charge is -2.27. The van der Waals surface area contributed by atoms with Gasteiger partial charge in [0.25, 0.3) is 0 Å². The number of likely N-dealkylation sites (tertiary alicyclic amines) is 1. The van der Waals surface area contributed by atoms with Gasteiger partial charge in [0, 0.05) is 35.9 Å². The first-order chi connectivity index (χ1) is 14.5. The molecule has 0 bridgehead atoms. The van der Waals surface area contributed by atoms with Gasteiger partial charge in [-0.25, -0.2) is 9.78 Å². The SMILES string of the molecule is Cc1sc2c(c1C)c1nc(-c3ccncc3)nn1c(=O)n2CC(=O)N1CCCCC1. The number of pyridine rings is 1. The highest BCUT2D eigenvalue weighted by Gasteiger charge is 2.23. The third kappa shape index (κ3) is 3.00. The average molecular weight is 423 g/mol. The molecule has 0 radical (unpaired) electrons. The molecule has 0 unspecified atom stereocenters. The van der Waals surface area contributed by atoms with Gasteiger partial charge in [-0.1, -0.05) is 0 Å². The van der Waals surface area contributed by atoms with Gasteiger partial charge in [0.2, 0.25) is 5.91 Å². The predicted octanol–water partition coefficient (Wildman–Crippen LogP) is 2.80. The molecule has 5 rings (SSSR count). The fraction of sp³-hybridized carbons (Fsp3) is 0.381. The van der Waals surface area contributed by atoms with Crippen LogP contribution >= 0.6 is 11.3 Å². The van der Waals surface area contributed by atoms with E-state index < -0.39 is 0 Å². The Morgan fingerprint density at radius 1 is 1.13 bits per heavy atom. The minimum absolute atomic E-state index is 0.0179. The zero-order chi connectivity index (χ0) is 20.8. The first-order valence-electron chi connectivity index (χ1n) is 10.1. The third-order valence-corrected chi connectivity index (χ3v) is 7.03. The Balaban J connectivity index is 1.70. The van der Waals surface area contributed by atoms with Gasteiger partial charge in [0.15, 0.2) is 11.5 Å². The number of nitrogens with zero attached hydrogens (tertiary/aromatic N) is 6. The quantitative estimate of drug-likeness (QED) is 0.507. The van der Waals surface area contributed by atoms with E-state index in [-0.39, 0.29) is 18.1 Å². The highest BCUT2D eigenvalue weighted by atomic mass is 32.1. The molecule has 1 saturated heterocycles. The second kappa shape index (κ2) is 7.32. The highest BCUT2D eigenvalue weighted by Crippen LogP contribution is 2.32. The Hall–Kier alpha value is -3.07. The number of rotatable bonds is 3. The Morgan fingerprint density at radius 2 is 1.87 bits per heavy atom. The number of amides is 1. The van der Waals surface area contributed by atoms with Gasteiger partial charge in [-0.05, 0) is 50.8 Å². The van der Waals surface area contributed by atoms with Crippen molar-refractivity contribution in [2.24, 2.45) is 0 Å². The molecule has 1 aliphatic rings. The van der Waals surface area contributed by atoms with Crippen molar-refractivity contribution in [3.05, 3.63) is 45.5 Å². The Kier molecular flexibility index (Phi) is 4.62. The maximum atomic E-state index is 13.4. The van der Waals surface area contributed by atoms with E-state index in [0.29, 0.717) is 11.5 Å². The van der Waals surface area contributed by atoms with Crippen LogP contribution in [-0.2, 0) is 11.3 Å². The summed E-state index contributed by atoms with van der Waals surface area (Å²) in [4.78, 5) is 38.8. The zero-order valence-corrected chi connectivity index (χ0v) is 17.8. The molecule has 0 N–H and O–H groups in total. The van der Waals surface area contributed by atoms with Crippen molar-refractivity contribution < 1.29 is 4.79 Å². The van der Waals surface area contributed by atoms with Gasteiger partial charge in [-0.2, -0.15) is 4.52 Å². The Bertz CT molecular complexity index is 1310. The van der Waals surface area contributed by atoms with E-state index in [2.05, 4.69) is 15.1 Å². The van der Waals surface area contributed by atoms with Crippen LogP contribution in [0.3, 0.4) is 0 Å². The lowest BCUT2D eigenvalue weighted by molar-refractivity contribution is -0.132. The normalized spacial score (nSPS) is 14.7. The second-order valence-corrected chi connectivity index (χ2v) is 8.88. The molecule has 4 aromatic rings. The van der Waals surface area contributed by atoms with E-state index in [0.717, 1.165) is 58.6 Å². The molecule has 0 saturated carbocycles. The smallest absolute Gasteiger partial charge is 0.341 e. The molecule has 154 valence electrons. The number of thiophene rings is 1. The minimum Gasteiger partial charge on any atom is -0.341 e. The lowest BCUT2D eigenvalue weighted by atomic mass is 10.1. The molecular weight excluding hydrogens is 400 g/mol. The van der Waals surface area contributed by atoms with Crippen molar-refractivity contribution >= 4 is 33.1 Å². The molecule has 9 heteroatoms. The van der Waals surface area contributed by atoms with Gasteiger partial charge in [0.1, 0.15) is 11.4 Å². The predicted molar refractivity (Wildman–Crippen MR) is 116 cm³/mol. The lowest BCUT2D eigenvalue weighted by Crippen LogP contribution is -2.40. The van der Waals surface area contributed by atoms with Gasteiger partial charge >= 0.3 is 5.69 Å². The number of fused-ring (bicyclic) bond motifs is 3. The summed E-state index contributed by atoms with van der Waals surface area (Å²) < 4.78 is 2.90. The largest absolute Gasteiger partial charge is 0.352 e. The average Bonchev–Trinajstić information content (AvgIpc) is 3.34. The number of carbonyl (C=O) groups is 1. The summed E-state index contributed by atoms with van der Waals surface area (Å²) >= 11 is 1.53. The Labute approximate surface area is 176 Å². The summed E-state index contributed by atoms with van der Waals surface area (Å²) in [5.74, 6) is 0.454. The summed E-state index contributed by atoms with van der Waals surface area (Å²) in [7, 11) is 0. The summed E-state index contributed by atoms with van der Waals surface area (Å²) in [6.45, 7) is 5.59. The van der Waals surface area contributed by atoms with Crippen molar-refractivity contribution in [2.75, 3.05) is 13.1 Å². The van der Waals surface area contributed by atoms with Crippen LogP contribution in [-0.4, -0.2) is 48.0 Å². The van der Waals surface area contributed by atoms with Gasteiger partial charge in [-0.15, -0.1) is 16.4 Å². The van der Waals surface area contributed by atoms with Crippen LogP contribution in [0.15, 0.2) is 29.3 Å². The topological polar surface area (TPSA) is 85.4 Å². The molecule has 1 fully saturated rings. The highest BCUT2D eigenvalue weighted by molar-refractivity contribution is 7.19. The summed E-state index contributed by atoms with van der Waals surface area (Å²) in [6, 6.07) is 3.63. The van der Waals surface area contributed by atoms with Crippen molar-refractivity contribution in [2.45, 2.75) is 39.7 Å². The van der Waals surface area contributed by atoms with Crippen molar-refractivity contribution in [1.82, 2.24) is 29.0 Å². The van der Waals surface area contributed by atoms with Crippen LogP contribution in [0, 0.1) is 13.8 Å². The van der Waals surface area contributed by atoms with Crippen molar-refractivity contribution in [3.63, 3.8) is 0 Å². The third-order valence-electron chi connectivity index (χ3n) is 5.80. The van der Waals surface area contributed by atoms with Gasteiger partial charge < -0.3 is 4.90 Å². The van der Waals surface area contributed by atoms with E-state index in [1.807, 2.05) is 30.9 Å². The van der Waals surface area contributed by atoms with Gasteiger partial charge in [-0.3, -0.25) is 14.3 Å². The van der Waals surface area contributed by atoms with E-state index >= 15 is 0 Å². The summed E-state index contributed by atoms with van der Waals surface area (Å²) in [5.41, 5.74) is 2.05. The van der Waals surface area contributed by atoms with Crippen molar-refractivity contribution in [3.8, 4) is 11.4 Å². The first-order valence-corrected chi connectivity index (χ1v) is 10.9. The van der Waals surface area contributed by atoms with Crippen LogP contribution in [0.25, 0.3) is 27.3 Å². The van der Waals surface area contributed by atoms with Crippen LogP contribution in [0.5, 0.6) is 0 Å². The fourth-order valence-corrected chi connectivity index (χ4v) is 5.16. The monoisotopic (exact) mass is 422 g/mol. The summed E-state index contributed by atoms with van der Waals surface area (Å²) in [5, 5.41) is 5.37. The zero-order valence-electron chi connectivity index (χ0n) is 17.0. The van der Waals surface area contributed by atoms with Crippen LogP contribution in [0.2, 0.25) is 0 Å². The van der Waals surface area contributed by atoms with Crippen LogP contribution in [0.1, 0.15) is 29.7 Å². The maximum absolute atomic E-state index is 13.4. The molecular formula is C21H22N6O2S. The van der Waals surface area contributed by atoms with E-state index in [1.165, 1.54) is 15.9 Å². The standard InChI is InChI=1S/C21H22N6O2S/c1-13-14(2)30-20-17(13)19-23-18(15-6-8-22-9-7-15)24-27(19)21(29)26(20)12-16(28)25-10-4-3-5-11-25/h6-9H,3-5,10-12H2,1-2H3. The number of carbonyl (C=O) groups excluding carboxylic acids is 1. The van der Waals surface area contributed by atoms with Crippen LogP contribution < -0.4 is 5.69 Å². The molecule has 8 nitrogen and oxygen atoms in total. The molecule has 0 aromatic carbocycles. The maximum Gasteiger partial charge on any atom is 0.352 e. The van der Waals surface area contributed by atoms with Crippen LogP contribution in [0.4, 0.5) is 0 Å². The van der Waals surface area contributed by atoms with Crippen molar-refractivity contribution in [1.29, 1.82) is 0 Å². The molecule has 4 aromatic heterocycles. The van der Waals surface area contributed by atoms with E-state index in [9.17, 15) is 9.59 Å². The summed E-state index contributed by atoms with van der Waals surface area (Å²) in [6.07, 6.45) is 6.54. The molecule has 5 heterocycles. The number of aromatic nitrogens is 5. The number of aryl methyl sites for hydroxylation is 2. The molecule has 0 spiro atoms. The molecule has 1 aliphatic heterocycles. The number of piperidine rings is 1. The molecule has 1 amide bonds. The van der Waals surface area contributed by atoms with E-state index in [4.69, 9.17) is 0 Å². The first kappa shape index (κ1) is 18.9. The second-order valence-electron chi connectivity index (χ2n) is 7.68. The van der Waals surface area contributed by atoms with Gasteiger partial charge in [0.05, 0.1) is 5.39 Å².